The molecule has 1 aromatic heterocycles. The van der Waals surface area contributed by atoms with E-state index in [1.54, 1.807) is 6.08 Å². The van der Waals surface area contributed by atoms with E-state index in [0.29, 0.717) is 18.7 Å². The summed E-state index contributed by atoms with van der Waals surface area (Å²) < 4.78 is 19.3. The van der Waals surface area contributed by atoms with Crippen LogP contribution in [-0.4, -0.2) is 33.0 Å². The standard InChI is InChI=1S/C25H31N2O5P.2Na.2H/c1-3-9-19-23(32-14-8-15-33(29,30)31)13-12-22-25(19)20(16-24(26)28)21(4-2)27(22)17-18-10-6-5-7-11-18;;;;/h3,5-7,10-13H,1,4,8-9,14-17H2,2H3,(H2,26,28)(H2,29,30,31);;;;/q;2*+1;2*-1. The van der Waals surface area contributed by atoms with Crippen LogP contribution in [0.4, 0.5) is 0 Å². The molecule has 0 bridgehead atoms. The van der Waals surface area contributed by atoms with Crippen molar-refractivity contribution in [2.75, 3.05) is 12.8 Å². The number of primary amides is 1. The van der Waals surface area contributed by atoms with Crippen molar-refractivity contribution in [2.24, 2.45) is 5.73 Å². The van der Waals surface area contributed by atoms with E-state index in [1.807, 2.05) is 30.3 Å². The number of carbonyl (C=O) groups is 1. The average molecular weight is 519 g/mol. The third kappa shape index (κ3) is 8.60. The van der Waals surface area contributed by atoms with E-state index in [2.05, 4.69) is 30.2 Å². The molecule has 0 aliphatic carbocycles. The second-order valence-electron chi connectivity index (χ2n) is 8.01. The van der Waals surface area contributed by atoms with Crippen molar-refractivity contribution in [3.8, 4) is 5.75 Å². The maximum Gasteiger partial charge on any atom is 1.00 e. The van der Waals surface area contributed by atoms with Gasteiger partial charge in [0.05, 0.1) is 19.2 Å². The van der Waals surface area contributed by atoms with Crippen LogP contribution in [0.15, 0.2) is 55.1 Å². The van der Waals surface area contributed by atoms with E-state index in [4.69, 9.17) is 20.3 Å². The Morgan fingerprint density at radius 2 is 1.86 bits per heavy atom. The summed E-state index contributed by atoms with van der Waals surface area (Å²) in [5, 5.41) is 0.939. The van der Waals surface area contributed by atoms with Gasteiger partial charge in [-0.05, 0) is 42.5 Å². The molecule has 35 heavy (non-hydrogen) atoms. The first-order chi connectivity index (χ1) is 15.7. The van der Waals surface area contributed by atoms with E-state index in [9.17, 15) is 9.36 Å². The number of carbonyl (C=O) groups excluding carboxylic acids is 1. The van der Waals surface area contributed by atoms with Gasteiger partial charge in [0.1, 0.15) is 5.75 Å². The summed E-state index contributed by atoms with van der Waals surface area (Å²) >= 11 is 0. The number of rotatable bonds is 12. The van der Waals surface area contributed by atoms with Gasteiger partial charge in [0, 0.05) is 28.7 Å². The Hall–Kier alpha value is -0.860. The molecule has 0 spiro atoms. The number of aromatic nitrogens is 1. The largest absolute Gasteiger partial charge is 1.00 e. The fourth-order valence-corrected chi connectivity index (χ4v) is 4.82. The Bertz CT molecular complexity index is 1200. The summed E-state index contributed by atoms with van der Waals surface area (Å²) in [6.07, 6.45) is 3.16. The second kappa shape index (κ2) is 14.8. The molecule has 0 unspecified atom stereocenters. The normalized spacial score (nSPS) is 10.9. The van der Waals surface area contributed by atoms with Crippen LogP contribution in [-0.2, 0) is 35.2 Å². The molecular formula is C25H33N2Na2O5P. The quantitative estimate of drug-likeness (QED) is 0.113. The van der Waals surface area contributed by atoms with Crippen molar-refractivity contribution in [3.63, 3.8) is 0 Å². The first-order valence-electron chi connectivity index (χ1n) is 11.0. The molecule has 0 radical (unpaired) electrons. The van der Waals surface area contributed by atoms with Crippen LogP contribution >= 0.6 is 7.60 Å². The Morgan fingerprint density at radius 3 is 2.43 bits per heavy atom. The number of benzene rings is 2. The molecular weight excluding hydrogens is 485 g/mol. The third-order valence-corrected chi connectivity index (χ3v) is 6.48. The fraction of sp³-hybridized carbons (Fsp3) is 0.320. The van der Waals surface area contributed by atoms with Gasteiger partial charge < -0.3 is 27.7 Å². The first-order valence-corrected chi connectivity index (χ1v) is 12.8. The minimum Gasteiger partial charge on any atom is -1.00 e. The molecule has 0 aliphatic rings. The predicted octanol–water partition coefficient (Wildman–Crippen LogP) is -1.81. The Labute approximate surface area is 253 Å². The molecule has 4 N–H and O–H groups in total. The molecule has 1 heterocycles. The monoisotopic (exact) mass is 518 g/mol. The number of nitrogens with zero attached hydrogens (tertiary/aromatic N) is 1. The third-order valence-electron chi connectivity index (χ3n) is 5.58. The number of fused-ring (bicyclic) bond motifs is 1. The SMILES string of the molecule is C=CCc1c(OCCCP(=O)(O)O)ccc2c1c(CC(N)=O)c(CC)n2Cc1ccccc1.[H-].[H-].[Na+].[Na+]. The zero-order chi connectivity index (χ0) is 24.0. The molecule has 7 nitrogen and oxygen atoms in total. The summed E-state index contributed by atoms with van der Waals surface area (Å²) in [4.78, 5) is 30.2. The maximum atomic E-state index is 12.0. The van der Waals surface area contributed by atoms with Crippen LogP contribution < -0.4 is 69.6 Å². The van der Waals surface area contributed by atoms with Gasteiger partial charge >= 0.3 is 66.7 Å². The average Bonchev–Trinajstić information content (AvgIpc) is 3.04. The summed E-state index contributed by atoms with van der Waals surface area (Å²) in [5.74, 6) is 0.222. The van der Waals surface area contributed by atoms with Crippen LogP contribution in [0.5, 0.6) is 5.75 Å². The summed E-state index contributed by atoms with van der Waals surface area (Å²) in [6.45, 7) is 6.79. The van der Waals surface area contributed by atoms with E-state index >= 15 is 0 Å². The zero-order valence-corrected chi connectivity index (χ0v) is 25.8. The van der Waals surface area contributed by atoms with Crippen molar-refractivity contribution in [1.29, 1.82) is 0 Å². The maximum absolute atomic E-state index is 12.0. The molecule has 0 atom stereocenters. The van der Waals surface area contributed by atoms with Crippen LogP contribution in [0.1, 0.15) is 38.6 Å². The van der Waals surface area contributed by atoms with Gasteiger partial charge in [-0.2, -0.15) is 0 Å². The summed E-state index contributed by atoms with van der Waals surface area (Å²) in [5.41, 5.74) is 10.6. The van der Waals surface area contributed by atoms with Crippen molar-refractivity contribution in [1.82, 2.24) is 4.57 Å². The van der Waals surface area contributed by atoms with Crippen molar-refractivity contribution in [2.45, 2.75) is 39.2 Å². The smallest absolute Gasteiger partial charge is 1.00 e. The van der Waals surface area contributed by atoms with Gasteiger partial charge in [-0.1, -0.05) is 43.3 Å². The zero-order valence-electron chi connectivity index (χ0n) is 22.9. The Kier molecular flexibility index (Phi) is 13.6. The number of nitrogens with two attached hydrogens (primary N) is 1. The van der Waals surface area contributed by atoms with Crippen LogP contribution in [0.2, 0.25) is 0 Å². The van der Waals surface area contributed by atoms with Gasteiger partial charge in [-0.25, -0.2) is 0 Å². The fourth-order valence-electron chi connectivity index (χ4n) is 4.28. The number of hydrogen-bond donors (Lipinski definition) is 3. The molecule has 1 amide bonds. The molecule has 180 valence electrons. The number of allylic oxidation sites excluding steroid dienone is 1. The number of hydrogen-bond acceptors (Lipinski definition) is 3. The van der Waals surface area contributed by atoms with Gasteiger partial charge in [0.25, 0.3) is 0 Å². The van der Waals surface area contributed by atoms with Gasteiger partial charge in [0.2, 0.25) is 5.91 Å². The number of amides is 1. The van der Waals surface area contributed by atoms with E-state index in [1.165, 1.54) is 0 Å². The summed E-state index contributed by atoms with van der Waals surface area (Å²) in [7, 11) is -4.07. The first kappa shape index (κ1) is 32.2. The summed E-state index contributed by atoms with van der Waals surface area (Å²) in [6, 6.07) is 14.0. The molecule has 3 rings (SSSR count). The second-order valence-corrected chi connectivity index (χ2v) is 9.79. The molecule has 10 heteroatoms. The van der Waals surface area contributed by atoms with Crippen LogP contribution in [0, 0.1) is 0 Å². The van der Waals surface area contributed by atoms with E-state index in [0.717, 1.165) is 39.7 Å². The Balaban J connectivity index is 0. The van der Waals surface area contributed by atoms with Crippen molar-refractivity contribution < 1.29 is 85.9 Å². The van der Waals surface area contributed by atoms with Crippen molar-refractivity contribution >= 4 is 24.4 Å². The Morgan fingerprint density at radius 1 is 1.17 bits per heavy atom. The molecule has 3 aromatic rings. The van der Waals surface area contributed by atoms with Gasteiger partial charge in [0.15, 0.2) is 0 Å². The molecule has 0 fully saturated rings. The topological polar surface area (TPSA) is 115 Å². The number of ether oxygens (including phenoxy) is 1. The minimum absolute atomic E-state index is 0. The van der Waals surface area contributed by atoms with E-state index < -0.39 is 13.5 Å². The van der Waals surface area contributed by atoms with E-state index in [-0.39, 0.29) is 87.6 Å². The minimum atomic E-state index is -4.07. The molecule has 0 saturated carbocycles. The predicted molar refractivity (Wildman–Crippen MR) is 133 cm³/mol. The van der Waals surface area contributed by atoms with Gasteiger partial charge in [-0.15, -0.1) is 6.58 Å². The molecule has 2 aromatic carbocycles. The van der Waals surface area contributed by atoms with Crippen molar-refractivity contribution in [3.05, 3.63) is 77.5 Å². The molecule has 0 aliphatic heterocycles. The van der Waals surface area contributed by atoms with Crippen LogP contribution in [0.25, 0.3) is 10.9 Å². The molecule has 0 saturated heterocycles. The van der Waals surface area contributed by atoms with Gasteiger partial charge in [-0.3, -0.25) is 9.36 Å². The van der Waals surface area contributed by atoms with Crippen LogP contribution in [0.3, 0.4) is 0 Å².